The van der Waals surface area contributed by atoms with Crippen molar-refractivity contribution in [1.29, 1.82) is 0 Å². The Kier molecular flexibility index (Phi) is 7.14. The van der Waals surface area contributed by atoms with Crippen molar-refractivity contribution in [1.82, 2.24) is 5.32 Å². The minimum atomic E-state index is -0.413. The van der Waals surface area contributed by atoms with Gasteiger partial charge in [-0.1, -0.05) is 12.1 Å². The Bertz CT molecular complexity index is 522. The second-order valence-electron chi connectivity index (χ2n) is 4.68. The number of para-hydroxylation sites is 1. The first-order chi connectivity index (χ1) is 10.2. The molecule has 122 valence electrons. The van der Waals surface area contributed by atoms with Crippen LogP contribution in [0.1, 0.15) is 23.7 Å². The zero-order valence-corrected chi connectivity index (χ0v) is 13.4. The van der Waals surface area contributed by atoms with E-state index >= 15 is 0 Å². The maximum atomic E-state index is 11.9. The summed E-state index contributed by atoms with van der Waals surface area (Å²) in [5, 5.41) is 3.04. The molecule has 2 atom stereocenters. The first-order valence-corrected chi connectivity index (χ1v) is 6.89. The van der Waals surface area contributed by atoms with E-state index in [0.717, 1.165) is 0 Å². The molecular weight excluding hydrogens is 310 g/mol. The van der Waals surface area contributed by atoms with Crippen molar-refractivity contribution in [2.24, 2.45) is 0 Å². The summed E-state index contributed by atoms with van der Waals surface area (Å²) in [6, 6.07) is 6.56. The fraction of sp³-hybridized carbons (Fsp3) is 0.467. The number of halogens is 1. The molecule has 22 heavy (non-hydrogen) atoms. The van der Waals surface area contributed by atoms with Gasteiger partial charge < -0.3 is 19.5 Å². The molecule has 1 fully saturated rings. The van der Waals surface area contributed by atoms with Crippen molar-refractivity contribution in [3.8, 4) is 5.75 Å². The zero-order valence-electron chi connectivity index (χ0n) is 12.5. The molecule has 1 N–H and O–H groups in total. The maximum absolute atomic E-state index is 11.9. The monoisotopic (exact) mass is 329 g/mol. The summed E-state index contributed by atoms with van der Waals surface area (Å²) in [7, 11) is 1.36. The van der Waals surface area contributed by atoms with E-state index in [1.165, 1.54) is 7.11 Å². The fourth-order valence-electron chi connectivity index (χ4n) is 2.24. The minimum absolute atomic E-state index is 0. The summed E-state index contributed by atoms with van der Waals surface area (Å²) >= 11 is 0. The number of methoxy groups -OCH3 is 1. The van der Waals surface area contributed by atoms with Gasteiger partial charge in [-0.3, -0.25) is 4.79 Å². The highest BCUT2D eigenvalue weighted by molar-refractivity contribution is 5.92. The summed E-state index contributed by atoms with van der Waals surface area (Å²) in [5.41, 5.74) is 0.390. The van der Waals surface area contributed by atoms with E-state index in [-0.39, 0.29) is 30.5 Å². The summed E-state index contributed by atoms with van der Waals surface area (Å²) in [6.45, 7) is 2.59. The third kappa shape index (κ3) is 4.35. The Balaban J connectivity index is 0.00000242. The van der Waals surface area contributed by atoms with Crippen molar-refractivity contribution in [2.75, 3.05) is 20.3 Å². The topological polar surface area (TPSA) is 73.9 Å². The minimum Gasteiger partial charge on any atom is -0.488 e. The molecule has 1 heterocycles. The molecule has 1 saturated heterocycles. The molecule has 0 unspecified atom stereocenters. The normalized spacial score (nSPS) is 19.9. The zero-order chi connectivity index (χ0) is 15.2. The average Bonchev–Trinajstić information content (AvgIpc) is 2.96. The summed E-state index contributed by atoms with van der Waals surface area (Å²) in [6.07, 6.45) is 0.314. The Morgan fingerprint density at radius 1 is 1.32 bits per heavy atom. The van der Waals surface area contributed by atoms with Crippen LogP contribution in [0.25, 0.3) is 0 Å². The van der Waals surface area contributed by atoms with Crippen molar-refractivity contribution < 1.29 is 23.8 Å². The molecule has 0 bridgehead atoms. The lowest BCUT2D eigenvalue weighted by Gasteiger charge is -2.15. The first kappa shape index (κ1) is 18.3. The van der Waals surface area contributed by atoms with Gasteiger partial charge in [0.05, 0.1) is 13.7 Å². The van der Waals surface area contributed by atoms with Gasteiger partial charge in [-0.25, -0.2) is 4.79 Å². The van der Waals surface area contributed by atoms with Gasteiger partial charge in [0.2, 0.25) is 0 Å². The molecule has 0 aromatic heterocycles. The van der Waals surface area contributed by atoms with Crippen molar-refractivity contribution in [3.05, 3.63) is 29.8 Å². The highest BCUT2D eigenvalue weighted by atomic mass is 35.5. The van der Waals surface area contributed by atoms with Crippen LogP contribution in [-0.2, 0) is 14.3 Å². The van der Waals surface area contributed by atoms with Crippen LogP contribution in [0.3, 0.4) is 0 Å². The number of hydrogen-bond donors (Lipinski definition) is 1. The number of hydrogen-bond acceptors (Lipinski definition) is 6. The van der Waals surface area contributed by atoms with Crippen LogP contribution in [0.4, 0.5) is 0 Å². The summed E-state index contributed by atoms with van der Waals surface area (Å²) in [5.74, 6) is -0.253. The van der Waals surface area contributed by atoms with Gasteiger partial charge in [0.15, 0.2) is 0 Å². The molecule has 0 saturated carbocycles. The number of nitrogens with one attached hydrogen (secondary N) is 1. The SMILES string of the molecule is CCOC(=O)c1ccccc1O[C@H]1CN[C@H](C(=O)OC)C1.Cl. The molecule has 0 spiro atoms. The van der Waals surface area contributed by atoms with Crippen LogP contribution in [0, 0.1) is 0 Å². The van der Waals surface area contributed by atoms with Gasteiger partial charge in [0, 0.05) is 13.0 Å². The first-order valence-electron chi connectivity index (χ1n) is 6.89. The van der Waals surface area contributed by atoms with Crippen molar-refractivity contribution >= 4 is 24.3 Å². The lowest BCUT2D eigenvalue weighted by molar-refractivity contribution is -0.142. The molecule has 0 amide bonds. The summed E-state index contributed by atoms with van der Waals surface area (Å²) < 4.78 is 15.5. The fourth-order valence-corrected chi connectivity index (χ4v) is 2.24. The standard InChI is InChI=1S/C15H19NO5.ClH/c1-3-20-14(17)11-6-4-5-7-13(11)21-10-8-12(16-9-10)15(18)19-2;/h4-7,10,12,16H,3,8-9H2,1-2H3;1H/t10-,12+;/m1./s1. The molecule has 1 aromatic rings. The van der Waals surface area contributed by atoms with Crippen molar-refractivity contribution in [2.45, 2.75) is 25.5 Å². The largest absolute Gasteiger partial charge is 0.488 e. The van der Waals surface area contributed by atoms with E-state index in [2.05, 4.69) is 5.32 Å². The van der Waals surface area contributed by atoms with Gasteiger partial charge in [-0.15, -0.1) is 12.4 Å². The second-order valence-corrected chi connectivity index (χ2v) is 4.68. The smallest absolute Gasteiger partial charge is 0.341 e. The average molecular weight is 330 g/mol. The third-order valence-corrected chi connectivity index (χ3v) is 3.25. The van der Waals surface area contributed by atoms with Gasteiger partial charge in [0.25, 0.3) is 0 Å². The van der Waals surface area contributed by atoms with Gasteiger partial charge in [-0.2, -0.15) is 0 Å². The molecule has 1 aromatic carbocycles. The molecule has 6 nitrogen and oxygen atoms in total. The van der Waals surface area contributed by atoms with Crippen LogP contribution < -0.4 is 10.1 Å². The van der Waals surface area contributed by atoms with E-state index in [0.29, 0.717) is 30.9 Å². The number of carbonyl (C=O) groups excluding carboxylic acids is 2. The van der Waals surface area contributed by atoms with Crippen LogP contribution in [0.2, 0.25) is 0 Å². The molecule has 1 aliphatic rings. The Labute approximate surface area is 135 Å². The molecule has 0 radical (unpaired) electrons. The second kappa shape index (κ2) is 8.60. The molecular formula is C15H20ClNO5. The quantitative estimate of drug-likeness (QED) is 0.827. The molecule has 7 heteroatoms. The Morgan fingerprint density at radius 3 is 2.73 bits per heavy atom. The Morgan fingerprint density at radius 2 is 2.05 bits per heavy atom. The van der Waals surface area contributed by atoms with Crippen molar-refractivity contribution in [3.63, 3.8) is 0 Å². The van der Waals surface area contributed by atoms with Crippen LogP contribution in [-0.4, -0.2) is 44.3 Å². The van der Waals surface area contributed by atoms with Crippen LogP contribution >= 0.6 is 12.4 Å². The highest BCUT2D eigenvalue weighted by Gasteiger charge is 2.32. The predicted octanol–water partition coefficient (Wildman–Crippen LogP) is 1.57. The summed E-state index contributed by atoms with van der Waals surface area (Å²) in [4.78, 5) is 23.3. The van der Waals surface area contributed by atoms with Gasteiger partial charge >= 0.3 is 11.9 Å². The molecule has 0 aliphatic carbocycles. The number of esters is 2. The van der Waals surface area contributed by atoms with E-state index in [1.54, 1.807) is 31.2 Å². The van der Waals surface area contributed by atoms with E-state index in [4.69, 9.17) is 14.2 Å². The number of carbonyl (C=O) groups is 2. The number of benzene rings is 1. The Hall–Kier alpha value is -1.79. The highest BCUT2D eigenvalue weighted by Crippen LogP contribution is 2.23. The predicted molar refractivity (Wildman–Crippen MR) is 82.5 cm³/mol. The molecule has 1 aliphatic heterocycles. The maximum Gasteiger partial charge on any atom is 0.341 e. The number of rotatable bonds is 5. The van der Waals surface area contributed by atoms with Crippen LogP contribution in [0.15, 0.2) is 24.3 Å². The van der Waals surface area contributed by atoms with Gasteiger partial charge in [-0.05, 0) is 19.1 Å². The van der Waals surface area contributed by atoms with E-state index < -0.39 is 5.97 Å². The lowest BCUT2D eigenvalue weighted by atomic mass is 10.2. The molecule has 2 rings (SSSR count). The van der Waals surface area contributed by atoms with Gasteiger partial charge in [0.1, 0.15) is 23.5 Å². The van der Waals surface area contributed by atoms with E-state index in [9.17, 15) is 9.59 Å². The van der Waals surface area contributed by atoms with E-state index in [1.807, 2.05) is 0 Å². The lowest BCUT2D eigenvalue weighted by Crippen LogP contribution is -2.31. The van der Waals surface area contributed by atoms with Crippen LogP contribution in [0.5, 0.6) is 5.75 Å². The third-order valence-electron chi connectivity index (χ3n) is 3.25. The number of ether oxygens (including phenoxy) is 3.